The number of likely N-dealkylation sites (tertiary alicyclic amines) is 2. The molecule has 0 radical (unpaired) electrons. The van der Waals surface area contributed by atoms with Crippen LogP contribution in [0.4, 0.5) is 18.4 Å². The van der Waals surface area contributed by atoms with Gasteiger partial charge >= 0.3 is 12.1 Å². The fourth-order valence-corrected chi connectivity index (χ4v) is 7.58. The molecule has 1 aromatic carbocycles. The molecule has 13 heteroatoms. The summed E-state index contributed by atoms with van der Waals surface area (Å²) in [5.41, 5.74) is 0.633. The molecular formula is C29H45F2N5O5S. The Morgan fingerprint density at radius 2 is 1.57 bits per heavy atom. The first-order chi connectivity index (χ1) is 19.9. The Balaban J connectivity index is 1.27. The molecule has 3 saturated heterocycles. The number of benzene rings is 1. The second-order valence-electron chi connectivity index (χ2n) is 12.0. The summed E-state index contributed by atoms with van der Waals surface area (Å²) in [5, 5.41) is 3.11. The molecule has 0 aromatic heterocycles. The number of urea groups is 1. The van der Waals surface area contributed by atoms with Gasteiger partial charge in [-0.2, -0.15) is 0 Å². The Bertz CT molecular complexity index is 1160. The predicted molar refractivity (Wildman–Crippen MR) is 156 cm³/mol. The summed E-state index contributed by atoms with van der Waals surface area (Å²) in [4.78, 5) is 30.4. The molecular weight excluding hydrogens is 568 g/mol. The average Bonchev–Trinajstić information content (AvgIpc) is 2.96. The lowest BCUT2D eigenvalue weighted by molar-refractivity contribution is 0.107. The van der Waals surface area contributed by atoms with Crippen molar-refractivity contribution in [3.8, 4) is 0 Å². The molecule has 0 saturated carbocycles. The van der Waals surface area contributed by atoms with Gasteiger partial charge in [-0.15, -0.1) is 0 Å². The van der Waals surface area contributed by atoms with Crippen LogP contribution in [-0.4, -0.2) is 118 Å². The van der Waals surface area contributed by atoms with Gasteiger partial charge in [0.15, 0.2) is 0 Å². The maximum absolute atomic E-state index is 14.2. The Hall–Kier alpha value is -2.51. The number of hydrogen-bond donors (Lipinski definition) is 1. The minimum Gasteiger partial charge on any atom is -0.453 e. The largest absolute Gasteiger partial charge is 0.453 e. The summed E-state index contributed by atoms with van der Waals surface area (Å²) in [5.74, 6) is -1.14. The molecule has 1 aromatic rings. The van der Waals surface area contributed by atoms with Gasteiger partial charge < -0.3 is 24.8 Å². The highest BCUT2D eigenvalue weighted by Crippen LogP contribution is 2.37. The second kappa shape index (κ2) is 14.3. The third-order valence-corrected chi connectivity index (χ3v) is 10.6. The van der Waals surface area contributed by atoms with Crippen LogP contribution >= 0.6 is 0 Å². The van der Waals surface area contributed by atoms with Gasteiger partial charge in [-0.3, -0.25) is 0 Å². The number of piperidine rings is 3. The zero-order chi connectivity index (χ0) is 30.4. The number of carbonyl (C=O) groups is 2. The summed E-state index contributed by atoms with van der Waals surface area (Å²) in [6.45, 7) is 4.34. The van der Waals surface area contributed by atoms with Gasteiger partial charge in [0, 0.05) is 64.5 Å². The van der Waals surface area contributed by atoms with Gasteiger partial charge in [0.1, 0.15) is 11.6 Å². The Labute approximate surface area is 248 Å². The summed E-state index contributed by atoms with van der Waals surface area (Å²) >= 11 is 0. The van der Waals surface area contributed by atoms with Crippen LogP contribution in [0.1, 0.15) is 56.4 Å². The van der Waals surface area contributed by atoms with Crippen molar-refractivity contribution in [2.45, 2.75) is 62.9 Å². The average molecular weight is 614 g/mol. The van der Waals surface area contributed by atoms with Crippen molar-refractivity contribution in [1.29, 1.82) is 0 Å². The lowest BCUT2D eigenvalue weighted by Gasteiger charge is -2.39. The molecule has 3 aliphatic heterocycles. The van der Waals surface area contributed by atoms with E-state index >= 15 is 0 Å². The van der Waals surface area contributed by atoms with Crippen molar-refractivity contribution in [2.75, 3.05) is 66.2 Å². The van der Waals surface area contributed by atoms with Gasteiger partial charge in [-0.25, -0.2) is 31.1 Å². The number of halogens is 2. The SMILES string of the molecule is COC(=O)N1CCC(NC(=O)N(C)C2CCN(CC[C@@H](c3cc(F)cc(F)c3)C3CCN(S(C)(=O)=O)CC3)CC2)CC1. The van der Waals surface area contributed by atoms with Crippen molar-refractivity contribution < 1.29 is 31.5 Å². The monoisotopic (exact) mass is 613 g/mol. The van der Waals surface area contributed by atoms with Gasteiger partial charge in [0.25, 0.3) is 0 Å². The first kappa shape index (κ1) is 32.4. The lowest BCUT2D eigenvalue weighted by Crippen LogP contribution is -2.53. The molecule has 3 aliphatic rings. The number of nitrogens with one attached hydrogen (secondary N) is 1. The van der Waals surface area contributed by atoms with Gasteiger partial charge in [-0.05, 0) is 81.0 Å². The van der Waals surface area contributed by atoms with Crippen LogP contribution in [0.2, 0.25) is 0 Å². The van der Waals surface area contributed by atoms with Crippen LogP contribution in [0.25, 0.3) is 0 Å². The molecule has 0 unspecified atom stereocenters. The standard InChI is InChI=1S/C29H45F2N5O5S/c1-33(28(37)32-25-6-14-35(15-7-25)29(38)41-2)26-8-11-34(12-9-26)13-10-27(22-18-23(30)20-24(31)19-22)21-4-16-36(17-5-21)42(3,39)40/h18-21,25-27H,4-17H2,1-3H3,(H,32,37)/t27-/m1/s1. The molecule has 3 amide bonds. The molecule has 0 spiro atoms. The number of methoxy groups -OCH3 is 1. The fraction of sp³-hybridized carbons (Fsp3) is 0.724. The molecule has 1 atom stereocenters. The van der Waals surface area contributed by atoms with E-state index in [9.17, 15) is 26.8 Å². The Kier molecular flexibility index (Phi) is 11.0. The maximum atomic E-state index is 14.2. The third-order valence-electron chi connectivity index (χ3n) is 9.29. The van der Waals surface area contributed by atoms with Crippen LogP contribution in [0, 0.1) is 17.6 Å². The van der Waals surface area contributed by atoms with Crippen LogP contribution < -0.4 is 5.32 Å². The Morgan fingerprint density at radius 3 is 2.12 bits per heavy atom. The highest BCUT2D eigenvalue weighted by Gasteiger charge is 2.33. The van der Waals surface area contributed by atoms with E-state index in [0.717, 1.165) is 45.0 Å². The van der Waals surface area contributed by atoms with Crippen molar-refractivity contribution >= 4 is 22.1 Å². The van der Waals surface area contributed by atoms with E-state index in [-0.39, 0.29) is 36.0 Å². The van der Waals surface area contributed by atoms with E-state index in [1.807, 2.05) is 7.05 Å². The first-order valence-corrected chi connectivity index (χ1v) is 16.8. The fourth-order valence-electron chi connectivity index (χ4n) is 6.70. The van der Waals surface area contributed by atoms with E-state index in [1.165, 1.54) is 29.8 Å². The molecule has 0 bridgehead atoms. The smallest absolute Gasteiger partial charge is 0.409 e. The molecule has 3 fully saturated rings. The minimum atomic E-state index is -3.26. The zero-order valence-electron chi connectivity index (χ0n) is 24.9. The summed E-state index contributed by atoms with van der Waals surface area (Å²) in [6.07, 6.45) is 5.95. The number of rotatable bonds is 8. The summed E-state index contributed by atoms with van der Waals surface area (Å²) < 4.78 is 58.6. The van der Waals surface area contributed by atoms with Crippen molar-refractivity contribution in [2.24, 2.45) is 5.92 Å². The van der Waals surface area contributed by atoms with E-state index in [1.54, 1.807) is 9.80 Å². The summed E-state index contributed by atoms with van der Waals surface area (Å²) in [6, 6.07) is 3.75. The quantitative estimate of drug-likeness (QED) is 0.482. The van der Waals surface area contributed by atoms with Gasteiger partial charge in [0.05, 0.1) is 13.4 Å². The predicted octanol–water partition coefficient (Wildman–Crippen LogP) is 3.45. The van der Waals surface area contributed by atoms with E-state index in [0.29, 0.717) is 57.4 Å². The molecule has 42 heavy (non-hydrogen) atoms. The molecule has 1 N–H and O–H groups in total. The third kappa shape index (κ3) is 8.53. The van der Waals surface area contributed by atoms with Crippen molar-refractivity contribution in [1.82, 2.24) is 24.3 Å². The van der Waals surface area contributed by atoms with Crippen LogP contribution in [0.3, 0.4) is 0 Å². The number of hydrogen-bond acceptors (Lipinski definition) is 6. The Morgan fingerprint density at radius 1 is 0.976 bits per heavy atom. The number of carbonyl (C=O) groups excluding carboxylic acids is 2. The molecule has 4 rings (SSSR count). The van der Waals surface area contributed by atoms with Crippen LogP contribution in [-0.2, 0) is 14.8 Å². The van der Waals surface area contributed by atoms with Crippen molar-refractivity contribution in [3.63, 3.8) is 0 Å². The number of amides is 3. The number of ether oxygens (including phenoxy) is 1. The molecule has 236 valence electrons. The van der Waals surface area contributed by atoms with Crippen LogP contribution in [0.5, 0.6) is 0 Å². The summed E-state index contributed by atoms with van der Waals surface area (Å²) in [7, 11) is -0.0639. The number of sulfonamides is 1. The van der Waals surface area contributed by atoms with E-state index in [4.69, 9.17) is 4.74 Å². The first-order valence-electron chi connectivity index (χ1n) is 14.9. The highest BCUT2D eigenvalue weighted by atomic mass is 32.2. The second-order valence-corrected chi connectivity index (χ2v) is 13.9. The van der Waals surface area contributed by atoms with Gasteiger partial charge in [0.2, 0.25) is 10.0 Å². The van der Waals surface area contributed by atoms with Crippen molar-refractivity contribution in [3.05, 3.63) is 35.4 Å². The molecule has 0 aliphatic carbocycles. The lowest BCUT2D eigenvalue weighted by atomic mass is 9.78. The zero-order valence-corrected chi connectivity index (χ0v) is 25.8. The van der Waals surface area contributed by atoms with E-state index < -0.39 is 21.7 Å². The van der Waals surface area contributed by atoms with Crippen LogP contribution in [0.15, 0.2) is 18.2 Å². The molecule has 3 heterocycles. The van der Waals surface area contributed by atoms with E-state index in [2.05, 4.69) is 10.2 Å². The van der Waals surface area contributed by atoms with Gasteiger partial charge in [-0.1, -0.05) is 0 Å². The topological polar surface area (TPSA) is 102 Å². The highest BCUT2D eigenvalue weighted by molar-refractivity contribution is 7.88. The molecule has 10 nitrogen and oxygen atoms in total. The minimum absolute atomic E-state index is 0.0230. The maximum Gasteiger partial charge on any atom is 0.409 e. The number of nitrogens with zero attached hydrogens (tertiary/aromatic N) is 4. The normalized spacial score (nSPS) is 21.2.